The fraction of sp³-hybridized carbons (Fsp3) is 0.688. The van der Waals surface area contributed by atoms with E-state index in [2.05, 4.69) is 45.1 Å². The molecule has 2 unspecified atom stereocenters. The number of aliphatic hydroxyl groups excluding tert-OH is 2. The van der Waals surface area contributed by atoms with E-state index in [-0.39, 0.29) is 10.6 Å². The first-order valence-electron chi connectivity index (χ1n) is 9.68. The molecule has 0 amide bonds. The van der Waals surface area contributed by atoms with Crippen LogP contribution in [0, 0.1) is 4.64 Å². The van der Waals surface area contributed by atoms with Crippen LogP contribution in [0.3, 0.4) is 0 Å². The molecule has 0 spiro atoms. The molecule has 1 saturated heterocycles. The van der Waals surface area contributed by atoms with E-state index in [4.69, 9.17) is 32.5 Å². The first-order valence-corrected chi connectivity index (χ1v) is 11.6. The van der Waals surface area contributed by atoms with E-state index >= 15 is 0 Å². The lowest BCUT2D eigenvalue weighted by atomic mass is 10.1. The third-order valence-corrected chi connectivity index (χ3v) is 5.59. The Hall–Kier alpha value is -1.48. The van der Waals surface area contributed by atoms with Crippen LogP contribution in [-0.2, 0) is 13.8 Å². The average molecular weight is 480 g/mol. The lowest BCUT2D eigenvalue weighted by Gasteiger charge is -2.17. The smallest absolute Gasteiger partial charge is 0.387 e. The van der Waals surface area contributed by atoms with Gasteiger partial charge in [0, 0.05) is 0 Å². The lowest BCUT2D eigenvalue weighted by Crippen LogP contribution is -2.33. The number of rotatable bonds is 7. The average Bonchev–Trinajstić information content (AvgIpc) is 3.23. The second-order valence-corrected chi connectivity index (χ2v) is 8.35. The highest BCUT2D eigenvalue weighted by molar-refractivity contribution is 7.71. The molecule has 0 radical (unpaired) electrons. The normalized spacial score (nSPS) is 23.9. The number of imidazole rings is 1. The van der Waals surface area contributed by atoms with Gasteiger partial charge in [0.05, 0.1) is 12.9 Å². The Morgan fingerprint density at radius 3 is 2.42 bits per heavy atom. The number of hydrogen-bond acceptors (Lipinski definition) is 10. The van der Waals surface area contributed by atoms with Crippen LogP contribution in [0.4, 0.5) is 5.95 Å². The van der Waals surface area contributed by atoms with Gasteiger partial charge in [0.25, 0.3) is 0 Å². The predicted molar refractivity (Wildman–Crippen MR) is 115 cm³/mol. The summed E-state index contributed by atoms with van der Waals surface area (Å²) in [6.07, 6.45) is -3.77. The van der Waals surface area contributed by atoms with E-state index in [0.717, 1.165) is 0 Å². The molecule has 31 heavy (non-hydrogen) atoms. The van der Waals surface area contributed by atoms with Gasteiger partial charge in [-0.05, 0) is 19.6 Å². The number of H-pyrrole nitrogens is 1. The summed E-state index contributed by atoms with van der Waals surface area (Å²) in [6.45, 7) is 9.52. The molecule has 15 heteroatoms. The minimum absolute atomic E-state index is 0.0312. The van der Waals surface area contributed by atoms with Crippen molar-refractivity contribution < 1.29 is 33.8 Å². The Labute approximate surface area is 184 Å². The van der Waals surface area contributed by atoms with Crippen molar-refractivity contribution in [1.29, 1.82) is 0 Å². The minimum Gasteiger partial charge on any atom is -0.387 e. The van der Waals surface area contributed by atoms with E-state index in [0.29, 0.717) is 11.2 Å². The Morgan fingerprint density at radius 1 is 1.29 bits per heavy atom. The lowest BCUT2D eigenvalue weighted by molar-refractivity contribution is -0.0503. The van der Waals surface area contributed by atoms with Crippen LogP contribution in [0.1, 0.15) is 27.0 Å². The first-order chi connectivity index (χ1) is 14.5. The van der Waals surface area contributed by atoms with E-state index in [1.165, 1.54) is 30.5 Å². The van der Waals surface area contributed by atoms with Gasteiger partial charge in [0.15, 0.2) is 16.8 Å². The summed E-state index contributed by atoms with van der Waals surface area (Å²) >= 11 is 5.04. The van der Waals surface area contributed by atoms with Crippen molar-refractivity contribution in [3.05, 3.63) is 11.0 Å². The number of aliphatic hydroxyl groups is 2. The molecule has 1 aliphatic heterocycles. The maximum Gasteiger partial charge on any atom is 0.469 e. The van der Waals surface area contributed by atoms with Gasteiger partial charge in [-0.15, -0.1) is 0 Å². The van der Waals surface area contributed by atoms with Crippen LogP contribution in [0.15, 0.2) is 6.33 Å². The Bertz CT molecular complexity index is 956. The van der Waals surface area contributed by atoms with Gasteiger partial charge in [-0.25, -0.2) is 14.5 Å². The van der Waals surface area contributed by atoms with Crippen molar-refractivity contribution >= 4 is 37.2 Å². The standard InChI is InChI=1S/C10H14N5O7PS.C6H15N/c11-10-13-7-4(8(24)14-10)12-2-15(7)9-6(17)5(16)3(22-9)1-21-23(18,19)20;1-4-7(5-2)6-3/h2-3,5-6,9,16-17H,1H2,(H2,18,19,20)(H3,11,13,14,24);4-6H2,1-3H3/t3-,5?,6?,9+;/m0./s1. The highest BCUT2D eigenvalue weighted by Gasteiger charge is 2.45. The number of ether oxygens (including phenoxy) is 1. The Kier molecular flexibility index (Phi) is 9.06. The van der Waals surface area contributed by atoms with E-state index < -0.39 is 39.0 Å². The summed E-state index contributed by atoms with van der Waals surface area (Å²) < 4.78 is 22.0. The molecule has 0 aromatic carbocycles. The quantitative estimate of drug-likeness (QED) is 0.232. The van der Waals surface area contributed by atoms with Gasteiger partial charge in [-0.3, -0.25) is 9.09 Å². The molecule has 0 bridgehead atoms. The Morgan fingerprint density at radius 2 is 1.90 bits per heavy atom. The number of aromatic nitrogens is 4. The summed E-state index contributed by atoms with van der Waals surface area (Å²) in [5.41, 5.74) is 6.24. The van der Waals surface area contributed by atoms with E-state index in [9.17, 15) is 14.8 Å². The Balaban J connectivity index is 0.000000423. The number of fused-ring (bicyclic) bond motifs is 1. The zero-order valence-corrected chi connectivity index (χ0v) is 19.2. The minimum atomic E-state index is -4.73. The van der Waals surface area contributed by atoms with Crippen molar-refractivity contribution in [3.8, 4) is 0 Å². The molecule has 3 heterocycles. The number of nitrogen functional groups attached to an aromatic ring is 1. The first kappa shape index (κ1) is 25.8. The van der Waals surface area contributed by atoms with E-state index in [1.807, 2.05) is 0 Å². The maximum absolute atomic E-state index is 10.8. The maximum atomic E-state index is 10.8. The topological polar surface area (TPSA) is 192 Å². The third-order valence-electron chi connectivity index (χ3n) is 4.82. The van der Waals surface area contributed by atoms with Crippen molar-refractivity contribution in [1.82, 2.24) is 24.4 Å². The number of phosphoric acid groups is 1. The summed E-state index contributed by atoms with van der Waals surface area (Å²) in [5, 5.41) is 20.2. The number of aromatic amines is 1. The summed E-state index contributed by atoms with van der Waals surface area (Å²) in [4.78, 5) is 30.5. The van der Waals surface area contributed by atoms with E-state index in [1.54, 1.807) is 0 Å². The molecule has 0 aliphatic carbocycles. The second kappa shape index (κ2) is 10.9. The summed E-state index contributed by atoms with van der Waals surface area (Å²) in [6, 6.07) is 0. The predicted octanol–water partition coefficient (Wildman–Crippen LogP) is 0.148. The van der Waals surface area contributed by atoms with Crippen molar-refractivity contribution in [2.24, 2.45) is 0 Å². The number of nitrogens with zero attached hydrogens (tertiary/aromatic N) is 4. The highest BCUT2D eigenvalue weighted by atomic mass is 32.1. The molecule has 0 saturated carbocycles. The molecule has 3 rings (SSSR count). The fourth-order valence-corrected chi connectivity index (χ4v) is 3.67. The van der Waals surface area contributed by atoms with Crippen LogP contribution in [0.5, 0.6) is 0 Å². The van der Waals surface area contributed by atoms with Gasteiger partial charge >= 0.3 is 7.82 Å². The van der Waals surface area contributed by atoms with Crippen molar-refractivity contribution in [2.45, 2.75) is 45.3 Å². The van der Waals surface area contributed by atoms with Crippen LogP contribution in [0.2, 0.25) is 0 Å². The number of hydrogen-bond donors (Lipinski definition) is 6. The fourth-order valence-electron chi connectivity index (χ4n) is 3.08. The summed E-state index contributed by atoms with van der Waals surface area (Å²) in [5.74, 6) is 0.0312. The monoisotopic (exact) mass is 480 g/mol. The molecule has 13 nitrogen and oxygen atoms in total. The SMILES string of the molecule is CCN(CC)CC.Nc1nc(=S)c2ncn([C@@H]3O[C@@H](COP(=O)(O)O)C(O)C3O)c2[nH]1. The third kappa shape index (κ3) is 6.51. The van der Waals surface area contributed by atoms with Gasteiger partial charge in [0.2, 0.25) is 0 Å². The molecule has 176 valence electrons. The molecule has 2 aromatic rings. The largest absolute Gasteiger partial charge is 0.469 e. The van der Waals surface area contributed by atoms with Gasteiger partial charge < -0.3 is 40.4 Å². The van der Waals surface area contributed by atoms with Crippen molar-refractivity contribution in [3.63, 3.8) is 0 Å². The van der Waals surface area contributed by atoms with Gasteiger partial charge in [-0.2, -0.15) is 0 Å². The molecule has 1 aliphatic rings. The number of phosphoric ester groups is 1. The highest BCUT2D eigenvalue weighted by Crippen LogP contribution is 2.38. The number of nitrogens with two attached hydrogens (primary N) is 1. The second-order valence-electron chi connectivity index (χ2n) is 6.73. The zero-order chi connectivity index (χ0) is 23.3. The molecular formula is C16H29N6O7PS. The summed E-state index contributed by atoms with van der Waals surface area (Å²) in [7, 11) is -4.73. The zero-order valence-electron chi connectivity index (χ0n) is 17.5. The molecule has 1 fully saturated rings. The number of anilines is 1. The van der Waals surface area contributed by atoms with Crippen LogP contribution >= 0.6 is 20.0 Å². The van der Waals surface area contributed by atoms with Gasteiger partial charge in [-0.1, -0.05) is 33.0 Å². The van der Waals surface area contributed by atoms with Gasteiger partial charge in [0.1, 0.15) is 29.5 Å². The number of nitrogens with one attached hydrogen (secondary N) is 1. The van der Waals surface area contributed by atoms with Crippen LogP contribution < -0.4 is 5.73 Å². The molecule has 7 N–H and O–H groups in total. The molecule has 2 aromatic heterocycles. The van der Waals surface area contributed by atoms with Crippen LogP contribution in [-0.4, -0.2) is 89.0 Å². The van der Waals surface area contributed by atoms with Crippen molar-refractivity contribution in [2.75, 3.05) is 32.0 Å². The molecular weight excluding hydrogens is 451 g/mol. The molecule has 4 atom stereocenters. The van der Waals surface area contributed by atoms with Crippen LogP contribution in [0.25, 0.3) is 11.2 Å².